The van der Waals surface area contributed by atoms with Crippen LogP contribution in [0.2, 0.25) is 0 Å². The van der Waals surface area contributed by atoms with Gasteiger partial charge in [-0.15, -0.1) is 0 Å². The standard InChI is InChI=1S/C44H57N5O11/c1-27(2)36(39(53)46-31(25-50)23-29-19-21-32(51)22-20-29)48-40(54)37(33(41(55)56)24-28-13-8-6-9-14-28)49-38(52)35(47-43(58)60-44(3,4)5)18-12-17-34(45)42(57)59-26-30-15-10-7-11-16-30/h6-11,13-16,19-22,25,27,31,33-37,51H,12,17-18,23-24,26,45H2,1-5H3,(H,46,53)(H,47,58)(H,48,54)(H,49,52)(H,55,56)/t31-,33?,34+,35-,36-,37-/m0/s1. The van der Waals surface area contributed by atoms with Crippen LogP contribution >= 0.6 is 0 Å². The first-order valence-corrected chi connectivity index (χ1v) is 19.7. The molecular formula is C44H57N5O11. The minimum absolute atomic E-state index is 0.00653. The molecule has 0 radical (unpaired) electrons. The number of alkyl carbamates (subject to hydrolysis) is 1. The van der Waals surface area contributed by atoms with E-state index in [2.05, 4.69) is 21.3 Å². The predicted molar refractivity (Wildman–Crippen MR) is 221 cm³/mol. The number of phenolic OH excluding ortho intramolecular Hbond substituents is 1. The van der Waals surface area contributed by atoms with Gasteiger partial charge < -0.3 is 51.5 Å². The van der Waals surface area contributed by atoms with Crippen LogP contribution in [0.1, 0.15) is 70.6 Å². The zero-order chi connectivity index (χ0) is 44.4. The van der Waals surface area contributed by atoms with Gasteiger partial charge in [-0.25, -0.2) is 4.79 Å². The molecule has 60 heavy (non-hydrogen) atoms. The van der Waals surface area contributed by atoms with Gasteiger partial charge in [0.05, 0.1) is 12.0 Å². The second-order valence-corrected chi connectivity index (χ2v) is 15.8. The monoisotopic (exact) mass is 831 g/mol. The minimum atomic E-state index is -1.79. The molecule has 16 heteroatoms. The number of nitrogens with two attached hydrogens (primary N) is 1. The number of esters is 1. The Kier molecular flexibility index (Phi) is 18.7. The number of aliphatic carboxylic acids is 1. The molecule has 0 heterocycles. The lowest BCUT2D eigenvalue weighted by Crippen LogP contribution is -2.61. The molecule has 0 fully saturated rings. The Hall–Kier alpha value is -6.29. The maximum atomic E-state index is 14.2. The van der Waals surface area contributed by atoms with Gasteiger partial charge in [0.1, 0.15) is 48.4 Å². The Bertz CT molecular complexity index is 1890. The van der Waals surface area contributed by atoms with E-state index in [0.717, 1.165) is 5.56 Å². The summed E-state index contributed by atoms with van der Waals surface area (Å²) in [6, 6.07) is 16.9. The van der Waals surface area contributed by atoms with Gasteiger partial charge in [-0.05, 0) is 87.6 Å². The third-order valence-corrected chi connectivity index (χ3v) is 9.27. The van der Waals surface area contributed by atoms with Gasteiger partial charge in [0.2, 0.25) is 17.7 Å². The molecular weight excluding hydrogens is 775 g/mol. The molecule has 1 unspecified atom stereocenters. The van der Waals surface area contributed by atoms with Crippen molar-refractivity contribution in [3.8, 4) is 5.75 Å². The molecule has 0 saturated carbocycles. The molecule has 3 aromatic carbocycles. The minimum Gasteiger partial charge on any atom is -0.508 e. The highest BCUT2D eigenvalue weighted by atomic mass is 16.6. The van der Waals surface area contributed by atoms with Gasteiger partial charge in [0.25, 0.3) is 0 Å². The van der Waals surface area contributed by atoms with Crippen molar-refractivity contribution in [2.45, 2.75) is 109 Å². The zero-order valence-corrected chi connectivity index (χ0v) is 34.6. The van der Waals surface area contributed by atoms with Crippen molar-refractivity contribution < 1.29 is 53.2 Å². The number of rotatable bonds is 22. The smallest absolute Gasteiger partial charge is 0.408 e. The molecule has 8 N–H and O–H groups in total. The Labute approximate surface area is 350 Å². The highest BCUT2D eigenvalue weighted by Gasteiger charge is 2.39. The molecule has 324 valence electrons. The summed E-state index contributed by atoms with van der Waals surface area (Å²) in [6.07, 6.45) is -0.526. The van der Waals surface area contributed by atoms with E-state index in [1.165, 1.54) is 12.1 Å². The maximum Gasteiger partial charge on any atom is 0.408 e. The first-order chi connectivity index (χ1) is 28.4. The topological polar surface area (TPSA) is 253 Å². The van der Waals surface area contributed by atoms with E-state index in [9.17, 15) is 43.8 Å². The van der Waals surface area contributed by atoms with Crippen molar-refractivity contribution in [1.29, 1.82) is 0 Å². The highest BCUT2D eigenvalue weighted by Crippen LogP contribution is 2.18. The quantitative estimate of drug-likeness (QED) is 0.0569. The lowest BCUT2D eigenvalue weighted by molar-refractivity contribution is -0.147. The largest absolute Gasteiger partial charge is 0.508 e. The summed E-state index contributed by atoms with van der Waals surface area (Å²) in [5, 5.41) is 30.3. The van der Waals surface area contributed by atoms with Crippen molar-refractivity contribution in [2.75, 3.05) is 0 Å². The van der Waals surface area contributed by atoms with Gasteiger partial charge in [0, 0.05) is 0 Å². The van der Waals surface area contributed by atoms with E-state index in [-0.39, 0.29) is 44.5 Å². The van der Waals surface area contributed by atoms with Crippen LogP contribution in [-0.2, 0) is 57.7 Å². The van der Waals surface area contributed by atoms with Crippen LogP contribution in [0.3, 0.4) is 0 Å². The van der Waals surface area contributed by atoms with Crippen LogP contribution in [0.25, 0.3) is 0 Å². The number of carboxylic acids is 1. The Morgan fingerprint density at radius 3 is 1.82 bits per heavy atom. The number of nitrogens with one attached hydrogen (secondary N) is 4. The molecule has 0 saturated heterocycles. The first kappa shape index (κ1) is 48.1. The average molecular weight is 832 g/mol. The third-order valence-electron chi connectivity index (χ3n) is 9.27. The van der Waals surface area contributed by atoms with Crippen LogP contribution < -0.4 is 27.0 Å². The molecule has 0 aliphatic carbocycles. The van der Waals surface area contributed by atoms with E-state index < -0.39 is 83.4 Å². The van der Waals surface area contributed by atoms with E-state index in [1.54, 1.807) is 101 Å². The fraction of sp³-hybridized carbons (Fsp3) is 0.432. The van der Waals surface area contributed by atoms with E-state index in [4.69, 9.17) is 15.2 Å². The van der Waals surface area contributed by atoms with Crippen molar-refractivity contribution in [3.05, 3.63) is 102 Å². The van der Waals surface area contributed by atoms with Crippen LogP contribution in [0.5, 0.6) is 5.75 Å². The summed E-state index contributed by atoms with van der Waals surface area (Å²) in [5.41, 5.74) is 7.09. The SMILES string of the molecule is CC(C)[C@H](NC(=O)[C@@H](NC(=O)[C@H](CCC[C@@H](N)C(=O)OCc1ccccc1)NC(=O)OC(C)(C)C)C(Cc1ccccc1)C(=O)O)C(=O)N[C@H](C=O)Cc1ccc(O)cc1. The van der Waals surface area contributed by atoms with Crippen molar-refractivity contribution in [1.82, 2.24) is 21.3 Å². The second-order valence-electron chi connectivity index (χ2n) is 15.8. The molecule has 3 rings (SSSR count). The average Bonchev–Trinajstić information content (AvgIpc) is 3.19. The number of phenols is 1. The van der Waals surface area contributed by atoms with Gasteiger partial charge in [0.15, 0.2) is 0 Å². The number of carbonyl (C=O) groups excluding carboxylic acids is 6. The van der Waals surface area contributed by atoms with Crippen molar-refractivity contribution >= 4 is 42.0 Å². The van der Waals surface area contributed by atoms with Crippen LogP contribution in [0.15, 0.2) is 84.9 Å². The van der Waals surface area contributed by atoms with Crippen LogP contribution in [-0.4, -0.2) is 88.1 Å². The molecule has 0 spiro atoms. The molecule has 0 aromatic heterocycles. The maximum absolute atomic E-state index is 14.2. The summed E-state index contributed by atoms with van der Waals surface area (Å²) in [5.74, 6) is -6.93. The second kappa shape index (κ2) is 23.3. The Morgan fingerprint density at radius 1 is 0.717 bits per heavy atom. The molecule has 3 aromatic rings. The van der Waals surface area contributed by atoms with E-state index in [1.807, 2.05) is 6.07 Å². The number of carbonyl (C=O) groups is 7. The molecule has 0 bridgehead atoms. The summed E-state index contributed by atoms with van der Waals surface area (Å²) in [6.45, 7) is 8.14. The third kappa shape index (κ3) is 16.5. The van der Waals surface area contributed by atoms with E-state index >= 15 is 0 Å². The fourth-order valence-electron chi connectivity index (χ4n) is 6.10. The van der Waals surface area contributed by atoms with Gasteiger partial charge in [-0.1, -0.05) is 86.6 Å². The van der Waals surface area contributed by atoms with Crippen molar-refractivity contribution in [3.63, 3.8) is 0 Å². The number of benzene rings is 3. The Morgan fingerprint density at radius 2 is 1.27 bits per heavy atom. The molecule has 16 nitrogen and oxygen atoms in total. The summed E-state index contributed by atoms with van der Waals surface area (Å²) >= 11 is 0. The lowest BCUT2D eigenvalue weighted by Gasteiger charge is -2.30. The van der Waals surface area contributed by atoms with Gasteiger partial charge in [-0.3, -0.25) is 24.0 Å². The molecule has 0 aliphatic heterocycles. The molecule has 6 atom stereocenters. The number of amides is 4. The van der Waals surface area contributed by atoms with Gasteiger partial charge >= 0.3 is 18.0 Å². The van der Waals surface area contributed by atoms with Crippen molar-refractivity contribution in [2.24, 2.45) is 17.6 Å². The van der Waals surface area contributed by atoms with Gasteiger partial charge in [-0.2, -0.15) is 0 Å². The summed E-state index contributed by atoms with van der Waals surface area (Å²) < 4.78 is 10.7. The summed E-state index contributed by atoms with van der Waals surface area (Å²) in [4.78, 5) is 92.5. The summed E-state index contributed by atoms with van der Waals surface area (Å²) in [7, 11) is 0. The van der Waals surface area contributed by atoms with Crippen LogP contribution in [0.4, 0.5) is 4.79 Å². The number of carboxylic acid groups (broad SMARTS) is 1. The normalized spacial score (nSPS) is 14.2. The molecule has 4 amide bonds. The number of ether oxygens (including phenoxy) is 2. The zero-order valence-electron chi connectivity index (χ0n) is 34.6. The predicted octanol–water partition coefficient (Wildman–Crippen LogP) is 3.32. The fourth-order valence-corrected chi connectivity index (χ4v) is 6.10. The number of hydrogen-bond donors (Lipinski definition) is 7. The lowest BCUT2D eigenvalue weighted by atomic mass is 9.90. The highest BCUT2D eigenvalue weighted by molar-refractivity contribution is 5.96. The number of hydrogen-bond acceptors (Lipinski definition) is 11. The first-order valence-electron chi connectivity index (χ1n) is 19.7. The molecule has 0 aliphatic rings. The number of aromatic hydroxyl groups is 1. The van der Waals surface area contributed by atoms with Crippen LogP contribution in [0, 0.1) is 11.8 Å². The Balaban J connectivity index is 1.87. The van der Waals surface area contributed by atoms with E-state index in [0.29, 0.717) is 17.4 Å². The number of aldehydes is 1.